The highest BCUT2D eigenvalue weighted by Crippen LogP contribution is 2.31. The molecule has 1 aromatic rings. The molecule has 1 saturated heterocycles. The second kappa shape index (κ2) is 6.93. The summed E-state index contributed by atoms with van der Waals surface area (Å²) in [6, 6.07) is 8.38. The number of likely N-dealkylation sites (tertiary alicyclic amines) is 1. The average molecular weight is 334 g/mol. The summed E-state index contributed by atoms with van der Waals surface area (Å²) in [5.41, 5.74) is 6.06. The summed E-state index contributed by atoms with van der Waals surface area (Å²) in [5, 5.41) is 2.81. The molecular formula is C18H24ClN3O. The van der Waals surface area contributed by atoms with Crippen LogP contribution >= 0.6 is 11.6 Å². The number of carbonyl (C=O) groups excluding carboxylic acids is 1. The van der Waals surface area contributed by atoms with Gasteiger partial charge >= 0.3 is 0 Å². The number of hydrazine groups is 1. The number of carbonyl (C=O) groups is 1. The summed E-state index contributed by atoms with van der Waals surface area (Å²) in [6.07, 6.45) is 5.45. The van der Waals surface area contributed by atoms with E-state index in [1.54, 1.807) is 6.92 Å². The Labute approximate surface area is 143 Å². The van der Waals surface area contributed by atoms with Gasteiger partial charge in [0, 0.05) is 38.3 Å². The first-order valence-electron chi connectivity index (χ1n) is 8.25. The minimum Gasteiger partial charge on any atom is -0.343 e. The molecule has 0 aliphatic carbocycles. The fourth-order valence-electron chi connectivity index (χ4n) is 3.57. The smallest absolute Gasteiger partial charge is 0.219 e. The van der Waals surface area contributed by atoms with Crippen molar-refractivity contribution in [3.8, 4) is 0 Å². The minimum absolute atomic E-state index is 0.198. The highest BCUT2D eigenvalue weighted by atomic mass is 35.5. The van der Waals surface area contributed by atoms with Gasteiger partial charge in [-0.1, -0.05) is 23.7 Å². The third-order valence-electron chi connectivity index (χ3n) is 4.87. The highest BCUT2D eigenvalue weighted by Gasteiger charge is 2.28. The van der Waals surface area contributed by atoms with E-state index < -0.39 is 0 Å². The molecule has 23 heavy (non-hydrogen) atoms. The molecule has 2 heterocycles. The van der Waals surface area contributed by atoms with Gasteiger partial charge in [-0.15, -0.1) is 0 Å². The molecule has 0 aromatic heterocycles. The van der Waals surface area contributed by atoms with E-state index in [2.05, 4.69) is 23.8 Å². The van der Waals surface area contributed by atoms with Crippen LogP contribution in [0.3, 0.4) is 0 Å². The van der Waals surface area contributed by atoms with E-state index in [9.17, 15) is 4.79 Å². The Morgan fingerprint density at radius 1 is 1.26 bits per heavy atom. The van der Waals surface area contributed by atoms with Crippen molar-refractivity contribution in [1.29, 1.82) is 0 Å². The number of halogens is 1. The molecule has 5 heteroatoms. The number of hydrogen-bond donors (Lipinski definition) is 1. The van der Waals surface area contributed by atoms with Crippen LogP contribution in [0, 0.1) is 5.92 Å². The van der Waals surface area contributed by atoms with Crippen molar-refractivity contribution in [2.45, 2.75) is 32.2 Å². The number of hydrogen-bond acceptors (Lipinski definition) is 3. The summed E-state index contributed by atoms with van der Waals surface area (Å²) in [4.78, 5) is 13.4. The van der Waals surface area contributed by atoms with Crippen LogP contribution in [-0.4, -0.2) is 42.0 Å². The van der Waals surface area contributed by atoms with E-state index >= 15 is 0 Å². The Hall–Kier alpha value is -1.52. The van der Waals surface area contributed by atoms with Gasteiger partial charge in [0.05, 0.1) is 6.04 Å². The molecule has 1 N–H and O–H groups in total. The topological polar surface area (TPSA) is 35.6 Å². The monoisotopic (exact) mass is 333 g/mol. The second-order valence-corrected chi connectivity index (χ2v) is 7.01. The first-order valence-corrected chi connectivity index (χ1v) is 8.63. The van der Waals surface area contributed by atoms with E-state index in [0.717, 1.165) is 37.4 Å². The van der Waals surface area contributed by atoms with Gasteiger partial charge in [-0.3, -0.25) is 4.79 Å². The van der Waals surface area contributed by atoms with Crippen molar-refractivity contribution in [3.05, 3.63) is 41.1 Å². The lowest BCUT2D eigenvalue weighted by Crippen LogP contribution is -2.40. The Bertz CT molecular complexity index is 591. The van der Waals surface area contributed by atoms with Crippen LogP contribution in [0.1, 0.15) is 31.7 Å². The van der Waals surface area contributed by atoms with Crippen LogP contribution in [-0.2, 0) is 4.79 Å². The lowest BCUT2D eigenvalue weighted by Gasteiger charge is -2.33. The van der Waals surface area contributed by atoms with Gasteiger partial charge in [-0.2, -0.15) is 0 Å². The first-order chi connectivity index (χ1) is 11.0. The van der Waals surface area contributed by atoms with Gasteiger partial charge in [-0.25, -0.2) is 5.43 Å². The van der Waals surface area contributed by atoms with Crippen LogP contribution in [0.4, 0.5) is 0 Å². The number of piperidine rings is 1. The Morgan fingerprint density at radius 3 is 2.52 bits per heavy atom. The molecule has 0 bridgehead atoms. The normalized spacial score (nSPS) is 22.4. The maximum Gasteiger partial charge on any atom is 0.219 e. The van der Waals surface area contributed by atoms with Gasteiger partial charge in [-0.05, 0) is 48.4 Å². The highest BCUT2D eigenvalue weighted by molar-refractivity contribution is 6.30. The van der Waals surface area contributed by atoms with Crippen LogP contribution in [0.2, 0.25) is 5.02 Å². The zero-order chi connectivity index (χ0) is 16.4. The Kier molecular flexibility index (Phi) is 4.93. The quantitative estimate of drug-likeness (QED) is 0.923. The van der Waals surface area contributed by atoms with Crippen LogP contribution < -0.4 is 5.43 Å². The SMILES string of the molecule is CC(=O)N1CCC(CC2NN(C)C=C2c2ccc(Cl)cc2)CC1. The maximum atomic E-state index is 11.4. The zero-order valence-electron chi connectivity index (χ0n) is 13.8. The van der Waals surface area contributed by atoms with Crippen LogP contribution in [0.25, 0.3) is 5.57 Å². The van der Waals surface area contributed by atoms with Gasteiger partial charge in [0.1, 0.15) is 0 Å². The van der Waals surface area contributed by atoms with Crippen molar-refractivity contribution in [2.24, 2.45) is 5.92 Å². The van der Waals surface area contributed by atoms with Gasteiger partial charge in [0.25, 0.3) is 0 Å². The summed E-state index contributed by atoms with van der Waals surface area (Å²) >= 11 is 6.00. The minimum atomic E-state index is 0.198. The summed E-state index contributed by atoms with van der Waals surface area (Å²) in [5.74, 6) is 0.856. The molecule has 2 aliphatic rings. The van der Waals surface area contributed by atoms with E-state index in [-0.39, 0.29) is 5.91 Å². The number of rotatable bonds is 3. The number of amides is 1. The molecule has 1 amide bonds. The molecule has 1 fully saturated rings. The van der Waals surface area contributed by atoms with Crippen molar-refractivity contribution < 1.29 is 4.79 Å². The van der Waals surface area contributed by atoms with Crippen molar-refractivity contribution in [2.75, 3.05) is 20.1 Å². The first kappa shape index (κ1) is 16.3. The van der Waals surface area contributed by atoms with E-state index in [1.807, 2.05) is 29.1 Å². The molecule has 2 aliphatic heterocycles. The molecule has 0 saturated carbocycles. The second-order valence-electron chi connectivity index (χ2n) is 6.57. The third-order valence-corrected chi connectivity index (χ3v) is 5.13. The van der Waals surface area contributed by atoms with Gasteiger partial charge in [0.2, 0.25) is 5.91 Å². The standard InChI is InChI=1S/C18H24ClN3O/c1-13(23)22-9-7-14(8-10-22)11-18-17(12-21(2)20-18)15-3-5-16(19)6-4-15/h3-6,12,14,18,20H,7-11H2,1-2H3. The fourth-order valence-corrected chi connectivity index (χ4v) is 3.69. The Balaban J connectivity index is 1.64. The average Bonchev–Trinajstić information content (AvgIpc) is 2.89. The van der Waals surface area contributed by atoms with Crippen LogP contribution in [0.15, 0.2) is 30.5 Å². The molecule has 4 nitrogen and oxygen atoms in total. The molecular weight excluding hydrogens is 310 g/mol. The number of nitrogens with one attached hydrogen (secondary N) is 1. The summed E-state index contributed by atoms with van der Waals surface area (Å²) in [6.45, 7) is 3.44. The fraction of sp³-hybridized carbons (Fsp3) is 0.500. The molecule has 3 rings (SSSR count). The van der Waals surface area contributed by atoms with Crippen molar-refractivity contribution in [3.63, 3.8) is 0 Å². The van der Waals surface area contributed by atoms with E-state index in [0.29, 0.717) is 12.0 Å². The predicted octanol–water partition coefficient (Wildman–Crippen LogP) is 3.15. The predicted molar refractivity (Wildman–Crippen MR) is 93.7 cm³/mol. The molecule has 1 unspecified atom stereocenters. The molecule has 1 atom stereocenters. The van der Waals surface area contributed by atoms with Crippen molar-refractivity contribution >= 4 is 23.1 Å². The van der Waals surface area contributed by atoms with Crippen LogP contribution in [0.5, 0.6) is 0 Å². The molecule has 1 aromatic carbocycles. The number of nitrogens with zero attached hydrogens (tertiary/aromatic N) is 2. The van der Waals surface area contributed by atoms with Gasteiger partial charge < -0.3 is 9.91 Å². The Morgan fingerprint density at radius 2 is 1.91 bits per heavy atom. The zero-order valence-corrected chi connectivity index (χ0v) is 14.5. The largest absolute Gasteiger partial charge is 0.343 e. The molecule has 0 radical (unpaired) electrons. The van der Waals surface area contributed by atoms with E-state index in [4.69, 9.17) is 11.6 Å². The maximum absolute atomic E-state index is 11.4. The lowest BCUT2D eigenvalue weighted by molar-refractivity contribution is -0.130. The third kappa shape index (κ3) is 3.88. The van der Waals surface area contributed by atoms with E-state index in [1.165, 1.54) is 11.1 Å². The van der Waals surface area contributed by atoms with Crippen molar-refractivity contribution in [1.82, 2.24) is 15.3 Å². The molecule has 124 valence electrons. The lowest BCUT2D eigenvalue weighted by atomic mass is 9.86. The van der Waals surface area contributed by atoms with Gasteiger partial charge in [0.15, 0.2) is 0 Å². The number of benzene rings is 1. The summed E-state index contributed by atoms with van der Waals surface area (Å²) in [7, 11) is 2.04. The molecule has 0 spiro atoms. The summed E-state index contributed by atoms with van der Waals surface area (Å²) < 4.78 is 0.